The minimum atomic E-state index is -0.498. The Morgan fingerprint density at radius 2 is 1.35 bits per heavy atom. The molecule has 0 aliphatic rings. The fourth-order valence-corrected chi connectivity index (χ4v) is 3.53. The molecule has 0 bridgehead atoms. The number of Topliss-reactive ketones (excluding diaryl/α,β-unsaturated/α-hetero) is 2. The Morgan fingerprint density at radius 3 is 1.81 bits per heavy atom. The smallest absolute Gasteiger partial charge is 0.313 e. The maximum atomic E-state index is 12.7. The molecule has 0 radical (unpaired) electrons. The van der Waals surface area contributed by atoms with E-state index in [0.29, 0.717) is 12.8 Å². The van der Waals surface area contributed by atoms with Gasteiger partial charge in [-0.1, -0.05) is 73.1 Å². The van der Waals surface area contributed by atoms with Gasteiger partial charge in [0.25, 0.3) is 0 Å². The third-order valence-electron chi connectivity index (χ3n) is 5.56. The largest absolute Gasteiger partial charge is 0.466 e. The Hall–Kier alpha value is -1.97. The Bertz CT molecular complexity index is 730. The Balaban J connectivity index is 3.33. The van der Waals surface area contributed by atoms with Crippen molar-refractivity contribution in [3.63, 3.8) is 0 Å². The molecular formula is C27H42O4. The van der Waals surface area contributed by atoms with Crippen LogP contribution in [-0.4, -0.2) is 24.1 Å². The summed E-state index contributed by atoms with van der Waals surface area (Å²) in [5.41, 5.74) is 3.29. The topological polar surface area (TPSA) is 60.4 Å². The van der Waals surface area contributed by atoms with Gasteiger partial charge in [0.2, 0.25) is 0 Å². The number of unbranched alkanes of at least 4 members (excludes halogenated alkanes) is 1. The van der Waals surface area contributed by atoms with Gasteiger partial charge >= 0.3 is 5.97 Å². The lowest BCUT2D eigenvalue weighted by atomic mass is 9.76. The zero-order valence-electron chi connectivity index (χ0n) is 20.9. The van der Waals surface area contributed by atoms with Crippen molar-refractivity contribution in [2.24, 2.45) is 0 Å². The Morgan fingerprint density at radius 1 is 0.839 bits per heavy atom. The van der Waals surface area contributed by atoms with E-state index in [1.807, 2.05) is 0 Å². The van der Waals surface area contributed by atoms with Crippen LogP contribution in [0.1, 0.15) is 117 Å². The molecule has 0 aromatic heterocycles. The first-order valence-electron chi connectivity index (χ1n) is 11.6. The number of rotatable bonds is 11. The van der Waals surface area contributed by atoms with Crippen molar-refractivity contribution in [3.05, 3.63) is 34.9 Å². The van der Waals surface area contributed by atoms with Gasteiger partial charge in [-0.25, -0.2) is 0 Å². The highest BCUT2D eigenvalue weighted by Gasteiger charge is 2.26. The number of ether oxygens (including phenoxy) is 1. The lowest BCUT2D eigenvalue weighted by Gasteiger charge is -2.28. The molecule has 1 aromatic carbocycles. The molecule has 1 unspecified atom stereocenters. The number of benzene rings is 1. The van der Waals surface area contributed by atoms with Gasteiger partial charge in [-0.05, 0) is 46.8 Å². The number of hydrogen-bond donors (Lipinski definition) is 0. The van der Waals surface area contributed by atoms with Crippen LogP contribution in [0.5, 0.6) is 0 Å². The average Bonchev–Trinajstić information content (AvgIpc) is 2.64. The molecule has 4 heteroatoms. The predicted octanol–water partition coefficient (Wildman–Crippen LogP) is 6.43. The van der Waals surface area contributed by atoms with Crippen LogP contribution in [0, 0.1) is 0 Å². The summed E-state index contributed by atoms with van der Waals surface area (Å²) in [6.07, 6.45) is 2.62. The van der Waals surface area contributed by atoms with Gasteiger partial charge in [0.15, 0.2) is 0 Å². The molecule has 0 fully saturated rings. The molecule has 0 aliphatic carbocycles. The van der Waals surface area contributed by atoms with Crippen molar-refractivity contribution in [3.8, 4) is 0 Å². The normalized spacial score (nSPS) is 13.0. The number of hydrogen-bond acceptors (Lipinski definition) is 4. The molecule has 4 nitrogen and oxygen atoms in total. The van der Waals surface area contributed by atoms with E-state index in [-0.39, 0.29) is 47.8 Å². The number of carbonyl (C=O) groups excluding carboxylic acids is 3. The van der Waals surface area contributed by atoms with Crippen LogP contribution >= 0.6 is 0 Å². The van der Waals surface area contributed by atoms with Crippen molar-refractivity contribution < 1.29 is 19.1 Å². The quantitative estimate of drug-likeness (QED) is 0.300. The summed E-state index contributed by atoms with van der Waals surface area (Å²) >= 11 is 0. The molecule has 0 saturated heterocycles. The second-order valence-electron chi connectivity index (χ2n) is 10.6. The summed E-state index contributed by atoms with van der Waals surface area (Å²) in [4.78, 5) is 37.1. The summed E-state index contributed by atoms with van der Waals surface area (Å²) in [6.45, 7) is 17.1. The first-order chi connectivity index (χ1) is 14.3. The molecule has 0 aliphatic heterocycles. The summed E-state index contributed by atoms with van der Waals surface area (Å²) < 4.78 is 4.93. The molecule has 1 atom stereocenters. The van der Waals surface area contributed by atoms with E-state index < -0.39 is 5.97 Å². The van der Waals surface area contributed by atoms with Gasteiger partial charge in [-0.3, -0.25) is 14.4 Å². The van der Waals surface area contributed by atoms with Gasteiger partial charge in [-0.2, -0.15) is 0 Å². The minimum absolute atomic E-state index is 0.0538. The van der Waals surface area contributed by atoms with Gasteiger partial charge in [0.1, 0.15) is 18.0 Å². The average molecular weight is 431 g/mol. The SMILES string of the molecule is CCCCC(=O)CC(CC(=O)CC(=O)OCC)c1cc(C(C)(C)C)cc(C(C)(C)C)c1. The first kappa shape index (κ1) is 27.1. The third kappa shape index (κ3) is 9.37. The predicted molar refractivity (Wildman–Crippen MR) is 127 cm³/mol. The van der Waals surface area contributed by atoms with Crippen LogP contribution in [0.15, 0.2) is 18.2 Å². The van der Waals surface area contributed by atoms with Crippen LogP contribution in [-0.2, 0) is 30.0 Å². The number of ketones is 2. The second kappa shape index (κ2) is 11.6. The zero-order chi connectivity index (χ0) is 23.8. The maximum Gasteiger partial charge on any atom is 0.313 e. The molecule has 0 heterocycles. The van der Waals surface area contributed by atoms with Crippen molar-refractivity contribution in [2.45, 2.75) is 111 Å². The van der Waals surface area contributed by atoms with E-state index in [0.717, 1.165) is 18.4 Å². The zero-order valence-corrected chi connectivity index (χ0v) is 20.9. The van der Waals surface area contributed by atoms with Crippen molar-refractivity contribution in [1.29, 1.82) is 0 Å². The Labute approximate surface area is 189 Å². The maximum absolute atomic E-state index is 12.7. The van der Waals surface area contributed by atoms with Gasteiger partial charge < -0.3 is 4.74 Å². The van der Waals surface area contributed by atoms with Gasteiger partial charge in [0, 0.05) is 19.3 Å². The summed E-state index contributed by atoms with van der Waals surface area (Å²) in [7, 11) is 0. The highest BCUT2D eigenvalue weighted by Crippen LogP contribution is 2.35. The van der Waals surface area contributed by atoms with Crippen LogP contribution in [0.2, 0.25) is 0 Å². The molecule has 0 N–H and O–H groups in total. The molecule has 1 rings (SSSR count). The van der Waals surface area contributed by atoms with Crippen LogP contribution in [0.3, 0.4) is 0 Å². The monoisotopic (exact) mass is 430 g/mol. The second-order valence-corrected chi connectivity index (χ2v) is 10.6. The minimum Gasteiger partial charge on any atom is -0.466 e. The lowest BCUT2D eigenvalue weighted by Crippen LogP contribution is -2.20. The van der Waals surface area contributed by atoms with Gasteiger partial charge in [0.05, 0.1) is 6.61 Å². The molecule has 31 heavy (non-hydrogen) atoms. The summed E-state index contributed by atoms with van der Waals surface area (Å²) in [6, 6.07) is 6.52. The van der Waals surface area contributed by atoms with Crippen LogP contribution in [0.25, 0.3) is 0 Å². The molecule has 0 spiro atoms. The highest BCUT2D eigenvalue weighted by atomic mass is 16.5. The van der Waals surface area contributed by atoms with Crippen LogP contribution in [0.4, 0.5) is 0 Å². The van der Waals surface area contributed by atoms with E-state index in [9.17, 15) is 14.4 Å². The molecule has 0 saturated carbocycles. The fourth-order valence-electron chi connectivity index (χ4n) is 3.53. The van der Waals surface area contributed by atoms with Crippen molar-refractivity contribution in [1.82, 2.24) is 0 Å². The first-order valence-corrected chi connectivity index (χ1v) is 11.6. The molecule has 174 valence electrons. The van der Waals surface area contributed by atoms with E-state index in [4.69, 9.17) is 4.74 Å². The molecular weight excluding hydrogens is 388 g/mol. The summed E-state index contributed by atoms with van der Waals surface area (Å²) in [5.74, 6) is -0.725. The highest BCUT2D eigenvalue weighted by molar-refractivity contribution is 5.96. The number of carbonyl (C=O) groups is 3. The summed E-state index contributed by atoms with van der Waals surface area (Å²) in [5, 5.41) is 0. The molecule has 1 aromatic rings. The van der Waals surface area contributed by atoms with E-state index >= 15 is 0 Å². The number of esters is 1. The fraction of sp³-hybridized carbons (Fsp3) is 0.667. The van der Waals surface area contributed by atoms with Gasteiger partial charge in [-0.15, -0.1) is 0 Å². The van der Waals surface area contributed by atoms with E-state index in [2.05, 4.69) is 66.7 Å². The van der Waals surface area contributed by atoms with E-state index in [1.165, 1.54) is 11.1 Å². The molecule has 0 amide bonds. The standard InChI is InChI=1S/C27H42O4/c1-9-11-12-23(28)15-20(16-24(29)18-25(30)31-10-2)19-13-21(26(3,4)5)17-22(14-19)27(6,7)8/h13-14,17,20H,9-12,15-16,18H2,1-8H3. The van der Waals surface area contributed by atoms with Crippen molar-refractivity contribution in [2.75, 3.05) is 6.61 Å². The van der Waals surface area contributed by atoms with E-state index in [1.54, 1.807) is 6.92 Å². The third-order valence-corrected chi connectivity index (χ3v) is 5.56. The Kier molecular flexibility index (Phi) is 10.1. The van der Waals surface area contributed by atoms with Crippen LogP contribution < -0.4 is 0 Å². The lowest BCUT2D eigenvalue weighted by molar-refractivity contribution is -0.145. The van der Waals surface area contributed by atoms with Crippen molar-refractivity contribution >= 4 is 17.5 Å².